The second kappa shape index (κ2) is 4.85. The van der Waals surface area contributed by atoms with Crippen molar-refractivity contribution >= 4 is 28.6 Å². The number of hydrogen-bond donors (Lipinski definition) is 1. The van der Waals surface area contributed by atoms with Crippen LogP contribution in [0.25, 0.3) is 11.2 Å². The van der Waals surface area contributed by atoms with Crippen molar-refractivity contribution in [2.75, 3.05) is 5.32 Å². The van der Waals surface area contributed by atoms with E-state index in [9.17, 15) is 0 Å². The number of nitrogens with zero attached hydrogens (tertiary/aromatic N) is 4. The van der Waals surface area contributed by atoms with Crippen LogP contribution in [0.5, 0.6) is 0 Å². The fourth-order valence-electron chi connectivity index (χ4n) is 1.90. The van der Waals surface area contributed by atoms with Crippen LogP contribution < -0.4 is 5.32 Å². The maximum absolute atomic E-state index is 6.12. The first-order chi connectivity index (χ1) is 9.25. The number of nitrogens with one attached hydrogen (secondary N) is 1. The Morgan fingerprint density at radius 3 is 2.89 bits per heavy atom. The number of imidazole rings is 1. The third kappa shape index (κ3) is 2.24. The van der Waals surface area contributed by atoms with Crippen LogP contribution >= 0.6 is 11.6 Å². The number of anilines is 1. The first-order valence-corrected chi connectivity index (χ1v) is 6.23. The van der Waals surface area contributed by atoms with Crippen LogP contribution in [0.4, 0.5) is 5.82 Å². The van der Waals surface area contributed by atoms with Crippen molar-refractivity contribution in [3.05, 3.63) is 47.5 Å². The number of hydrogen-bond acceptors (Lipinski definition) is 4. The fraction of sp³-hybridized carbons (Fsp3) is 0.154. The third-order valence-electron chi connectivity index (χ3n) is 2.90. The number of halogens is 1. The van der Waals surface area contributed by atoms with Crippen molar-refractivity contribution in [2.24, 2.45) is 7.05 Å². The summed E-state index contributed by atoms with van der Waals surface area (Å²) in [6, 6.07) is 7.72. The molecule has 0 unspecified atom stereocenters. The summed E-state index contributed by atoms with van der Waals surface area (Å²) in [4.78, 5) is 12.7. The van der Waals surface area contributed by atoms with Gasteiger partial charge in [-0.3, -0.25) is 0 Å². The zero-order valence-electron chi connectivity index (χ0n) is 10.3. The Labute approximate surface area is 115 Å². The molecule has 0 aliphatic carbocycles. The molecule has 0 aliphatic heterocycles. The molecule has 6 heteroatoms. The van der Waals surface area contributed by atoms with E-state index in [0.29, 0.717) is 12.4 Å². The van der Waals surface area contributed by atoms with Crippen molar-refractivity contribution < 1.29 is 0 Å². The van der Waals surface area contributed by atoms with Gasteiger partial charge in [-0.05, 0) is 11.6 Å². The minimum atomic E-state index is 0.600. The Morgan fingerprint density at radius 2 is 2.05 bits per heavy atom. The highest BCUT2D eigenvalue weighted by molar-refractivity contribution is 6.31. The molecule has 0 bridgehead atoms. The number of rotatable bonds is 3. The van der Waals surface area contributed by atoms with Crippen LogP contribution in [0, 0.1) is 0 Å². The van der Waals surface area contributed by atoms with Crippen molar-refractivity contribution in [1.82, 2.24) is 19.5 Å². The zero-order valence-corrected chi connectivity index (χ0v) is 11.1. The van der Waals surface area contributed by atoms with E-state index in [1.807, 2.05) is 35.9 Å². The molecule has 0 saturated carbocycles. The summed E-state index contributed by atoms with van der Waals surface area (Å²) < 4.78 is 1.86. The third-order valence-corrected chi connectivity index (χ3v) is 3.27. The van der Waals surface area contributed by atoms with E-state index in [4.69, 9.17) is 11.6 Å². The van der Waals surface area contributed by atoms with Gasteiger partial charge in [0.05, 0.1) is 6.33 Å². The molecule has 3 aromatic rings. The predicted octanol–water partition coefficient (Wildman–Crippen LogP) is 2.63. The summed E-state index contributed by atoms with van der Waals surface area (Å²) in [5.74, 6) is 0.713. The summed E-state index contributed by atoms with van der Waals surface area (Å²) in [5, 5.41) is 3.98. The molecule has 3 rings (SSSR count). The predicted molar refractivity (Wildman–Crippen MR) is 75.1 cm³/mol. The second-order valence-corrected chi connectivity index (χ2v) is 4.60. The number of aryl methyl sites for hydroxylation is 1. The van der Waals surface area contributed by atoms with E-state index in [1.54, 1.807) is 6.33 Å². The largest absolute Gasteiger partial charge is 0.364 e. The summed E-state index contributed by atoms with van der Waals surface area (Å²) in [5.41, 5.74) is 2.58. The van der Waals surface area contributed by atoms with Gasteiger partial charge in [0.25, 0.3) is 0 Å². The van der Waals surface area contributed by atoms with Crippen LogP contribution in [-0.2, 0) is 13.6 Å². The zero-order chi connectivity index (χ0) is 13.2. The monoisotopic (exact) mass is 273 g/mol. The van der Waals surface area contributed by atoms with E-state index in [1.165, 1.54) is 6.33 Å². The van der Waals surface area contributed by atoms with E-state index >= 15 is 0 Å². The topological polar surface area (TPSA) is 55.6 Å². The molecule has 1 aromatic carbocycles. The highest BCUT2D eigenvalue weighted by atomic mass is 35.5. The Balaban J connectivity index is 1.88. The van der Waals surface area contributed by atoms with Crippen LogP contribution in [0.2, 0.25) is 5.02 Å². The SMILES string of the molecule is Cn1cnc2c(NCc3ccccc3Cl)ncnc21. The number of benzene rings is 1. The molecule has 2 heterocycles. The van der Waals surface area contributed by atoms with Crippen LogP contribution in [0.15, 0.2) is 36.9 Å². The fourth-order valence-corrected chi connectivity index (χ4v) is 2.10. The molecule has 2 aromatic heterocycles. The normalized spacial score (nSPS) is 10.8. The highest BCUT2D eigenvalue weighted by Crippen LogP contribution is 2.19. The first kappa shape index (κ1) is 11.9. The van der Waals surface area contributed by atoms with Crippen LogP contribution in [-0.4, -0.2) is 19.5 Å². The number of fused-ring (bicyclic) bond motifs is 1. The van der Waals surface area contributed by atoms with E-state index in [0.717, 1.165) is 21.7 Å². The van der Waals surface area contributed by atoms with E-state index < -0.39 is 0 Å². The van der Waals surface area contributed by atoms with Crippen molar-refractivity contribution in [3.8, 4) is 0 Å². The lowest BCUT2D eigenvalue weighted by Gasteiger charge is -2.07. The highest BCUT2D eigenvalue weighted by Gasteiger charge is 2.08. The summed E-state index contributed by atoms with van der Waals surface area (Å²) in [6.07, 6.45) is 3.25. The maximum Gasteiger partial charge on any atom is 0.165 e. The second-order valence-electron chi connectivity index (χ2n) is 4.19. The van der Waals surface area contributed by atoms with Gasteiger partial charge in [-0.15, -0.1) is 0 Å². The molecule has 5 nitrogen and oxygen atoms in total. The van der Waals surface area contributed by atoms with Gasteiger partial charge in [-0.1, -0.05) is 29.8 Å². The molecular formula is C13H12ClN5. The Morgan fingerprint density at radius 1 is 1.21 bits per heavy atom. The quantitative estimate of drug-likeness (QED) is 0.797. The van der Waals surface area contributed by atoms with Gasteiger partial charge in [0.1, 0.15) is 11.8 Å². The van der Waals surface area contributed by atoms with Gasteiger partial charge in [0.15, 0.2) is 11.5 Å². The lowest BCUT2D eigenvalue weighted by Crippen LogP contribution is -2.03. The smallest absolute Gasteiger partial charge is 0.165 e. The van der Waals surface area contributed by atoms with Gasteiger partial charge in [-0.2, -0.15) is 0 Å². The standard InChI is InChI=1S/C13H12ClN5/c1-19-8-18-11-12(16-7-17-13(11)19)15-6-9-4-2-3-5-10(9)14/h2-5,7-8H,6H2,1H3,(H,15,16,17). The summed E-state index contributed by atoms with van der Waals surface area (Å²) in [6.45, 7) is 0.600. The molecule has 0 amide bonds. The lowest BCUT2D eigenvalue weighted by atomic mass is 10.2. The van der Waals surface area contributed by atoms with E-state index in [-0.39, 0.29) is 0 Å². The molecule has 1 N–H and O–H groups in total. The molecular weight excluding hydrogens is 262 g/mol. The van der Waals surface area contributed by atoms with Crippen LogP contribution in [0.3, 0.4) is 0 Å². The molecule has 96 valence electrons. The average molecular weight is 274 g/mol. The van der Waals surface area contributed by atoms with Crippen molar-refractivity contribution in [2.45, 2.75) is 6.54 Å². The molecule has 0 aliphatic rings. The minimum absolute atomic E-state index is 0.600. The molecule has 0 saturated heterocycles. The van der Waals surface area contributed by atoms with Gasteiger partial charge in [0.2, 0.25) is 0 Å². The lowest BCUT2D eigenvalue weighted by molar-refractivity contribution is 0.928. The molecule has 0 atom stereocenters. The summed E-state index contributed by atoms with van der Waals surface area (Å²) in [7, 11) is 1.90. The van der Waals surface area contributed by atoms with E-state index in [2.05, 4.69) is 20.3 Å². The number of aromatic nitrogens is 4. The maximum atomic E-state index is 6.12. The van der Waals surface area contributed by atoms with Crippen molar-refractivity contribution in [3.63, 3.8) is 0 Å². The molecule has 0 spiro atoms. The molecule has 0 radical (unpaired) electrons. The Kier molecular flexibility index (Phi) is 3.05. The Hall–Kier alpha value is -2.14. The Bertz CT molecular complexity index is 722. The summed E-state index contributed by atoms with van der Waals surface area (Å²) >= 11 is 6.12. The van der Waals surface area contributed by atoms with Crippen molar-refractivity contribution in [1.29, 1.82) is 0 Å². The molecule has 19 heavy (non-hydrogen) atoms. The van der Waals surface area contributed by atoms with Gasteiger partial charge in [-0.25, -0.2) is 15.0 Å². The van der Waals surface area contributed by atoms with Gasteiger partial charge in [0, 0.05) is 18.6 Å². The molecule has 0 fully saturated rings. The minimum Gasteiger partial charge on any atom is -0.364 e. The average Bonchev–Trinajstić information content (AvgIpc) is 2.81. The first-order valence-electron chi connectivity index (χ1n) is 5.85. The van der Waals surface area contributed by atoms with Crippen LogP contribution in [0.1, 0.15) is 5.56 Å². The van der Waals surface area contributed by atoms with Gasteiger partial charge < -0.3 is 9.88 Å². The van der Waals surface area contributed by atoms with Gasteiger partial charge >= 0.3 is 0 Å².